The molecule has 3 aromatic rings. The number of aryl methyl sites for hydroxylation is 1. The topological polar surface area (TPSA) is 86.2 Å². The van der Waals surface area contributed by atoms with E-state index in [0.717, 1.165) is 33.6 Å². The molecular formula is C24H27N3O4S. The van der Waals surface area contributed by atoms with Crippen LogP contribution in [0.2, 0.25) is 0 Å². The first-order chi connectivity index (χ1) is 15.3. The Morgan fingerprint density at radius 2 is 1.94 bits per heavy atom. The Morgan fingerprint density at radius 1 is 1.22 bits per heavy atom. The highest BCUT2D eigenvalue weighted by molar-refractivity contribution is 8.00. The summed E-state index contributed by atoms with van der Waals surface area (Å²) in [6.45, 7) is 10.9. The molecule has 1 N–H and O–H groups in total. The van der Waals surface area contributed by atoms with E-state index in [2.05, 4.69) is 21.5 Å². The Morgan fingerprint density at radius 3 is 2.59 bits per heavy atom. The van der Waals surface area contributed by atoms with Crippen molar-refractivity contribution in [1.29, 1.82) is 0 Å². The van der Waals surface area contributed by atoms with Crippen molar-refractivity contribution >= 4 is 23.3 Å². The number of hydrogen-bond acceptors (Lipinski definition) is 6. The fourth-order valence-electron chi connectivity index (χ4n) is 4.13. The van der Waals surface area contributed by atoms with Gasteiger partial charge in [-0.1, -0.05) is 11.8 Å². The molecule has 0 spiro atoms. The lowest BCUT2D eigenvalue weighted by molar-refractivity contribution is 0.0988. The van der Waals surface area contributed by atoms with Gasteiger partial charge in [-0.3, -0.25) is 9.59 Å². The number of carbonyl (C=O) groups excluding carboxylic acids is 2. The van der Waals surface area contributed by atoms with Crippen LogP contribution >= 0.6 is 11.8 Å². The second kappa shape index (κ2) is 8.86. The van der Waals surface area contributed by atoms with Gasteiger partial charge in [0.05, 0.1) is 22.8 Å². The second-order valence-corrected chi connectivity index (χ2v) is 9.14. The summed E-state index contributed by atoms with van der Waals surface area (Å²) < 4.78 is 13.4. The van der Waals surface area contributed by atoms with Crippen molar-refractivity contribution in [3.8, 4) is 22.8 Å². The van der Waals surface area contributed by atoms with E-state index in [0.29, 0.717) is 36.6 Å². The van der Waals surface area contributed by atoms with Crippen molar-refractivity contribution < 1.29 is 19.1 Å². The highest BCUT2D eigenvalue weighted by Gasteiger charge is 2.26. The van der Waals surface area contributed by atoms with E-state index < -0.39 is 0 Å². The molecule has 0 radical (unpaired) electrons. The second-order valence-electron chi connectivity index (χ2n) is 7.83. The molecule has 0 bridgehead atoms. The van der Waals surface area contributed by atoms with Gasteiger partial charge in [0.2, 0.25) is 0 Å². The highest BCUT2D eigenvalue weighted by atomic mass is 32.2. The molecule has 0 fully saturated rings. The maximum absolute atomic E-state index is 13.2. The third-order valence-corrected chi connectivity index (χ3v) is 6.76. The first kappa shape index (κ1) is 22.2. The van der Waals surface area contributed by atoms with Gasteiger partial charge < -0.3 is 19.0 Å². The van der Waals surface area contributed by atoms with E-state index in [-0.39, 0.29) is 16.8 Å². The Kier molecular flexibility index (Phi) is 6.15. The fraction of sp³-hybridized carbons (Fsp3) is 0.375. The number of rotatable bonds is 7. The van der Waals surface area contributed by atoms with Crippen LogP contribution < -0.4 is 9.47 Å². The zero-order valence-electron chi connectivity index (χ0n) is 18.9. The van der Waals surface area contributed by atoms with Gasteiger partial charge >= 0.3 is 0 Å². The van der Waals surface area contributed by atoms with Crippen LogP contribution in [0.5, 0.6) is 11.5 Å². The van der Waals surface area contributed by atoms with Crippen LogP contribution in [0, 0.1) is 13.8 Å². The molecule has 2 aromatic heterocycles. The predicted molar refractivity (Wildman–Crippen MR) is 124 cm³/mol. The number of Topliss-reactive ketones (excluding diaryl/α,β-unsaturated/α-hetero) is 2. The molecule has 1 unspecified atom stereocenters. The lowest BCUT2D eigenvalue weighted by Gasteiger charge is -2.19. The van der Waals surface area contributed by atoms with Gasteiger partial charge in [0.1, 0.15) is 13.2 Å². The van der Waals surface area contributed by atoms with Gasteiger partial charge in [-0.25, -0.2) is 4.98 Å². The fourth-order valence-corrected chi connectivity index (χ4v) is 5.14. The summed E-state index contributed by atoms with van der Waals surface area (Å²) in [7, 11) is 0. The number of ether oxygens (including phenoxy) is 2. The van der Waals surface area contributed by atoms with Gasteiger partial charge in [0.15, 0.2) is 28.2 Å². The molecule has 1 aromatic carbocycles. The molecule has 0 saturated carbocycles. The average molecular weight is 454 g/mol. The molecule has 8 heteroatoms. The summed E-state index contributed by atoms with van der Waals surface area (Å²) in [5.41, 5.74) is 4.47. The molecule has 168 valence electrons. The molecule has 4 rings (SSSR count). The first-order valence-corrected chi connectivity index (χ1v) is 11.6. The highest BCUT2D eigenvalue weighted by Crippen LogP contribution is 2.36. The third-order valence-electron chi connectivity index (χ3n) is 5.66. The third kappa shape index (κ3) is 3.95. The minimum atomic E-state index is -0.368. The van der Waals surface area contributed by atoms with Crippen molar-refractivity contribution in [3.63, 3.8) is 0 Å². The van der Waals surface area contributed by atoms with E-state index in [1.54, 1.807) is 0 Å². The van der Waals surface area contributed by atoms with Crippen LogP contribution in [0.1, 0.15) is 52.9 Å². The summed E-state index contributed by atoms with van der Waals surface area (Å²) >= 11 is 1.42. The minimum Gasteiger partial charge on any atom is -0.486 e. The first-order valence-electron chi connectivity index (χ1n) is 10.7. The standard InChI is InChI=1S/C24H27N3O4S/c1-6-27-18(17-7-8-19-20(11-17)31-10-9-30-19)12-25-24(27)32-16(5)23(29)22-13(2)21(15(4)28)14(3)26-22/h7-8,11-12,16,26H,6,9-10H2,1-5H3. The van der Waals surface area contributed by atoms with Gasteiger partial charge in [0.25, 0.3) is 0 Å². The number of ketones is 2. The SMILES string of the molecule is CCn1c(-c2ccc3c(c2)OCCO3)cnc1SC(C)C(=O)c1[nH]c(C)c(C(C)=O)c1C. The predicted octanol–water partition coefficient (Wildman–Crippen LogP) is 4.85. The number of hydrogen-bond donors (Lipinski definition) is 1. The van der Waals surface area contributed by atoms with Gasteiger partial charge in [0, 0.05) is 23.4 Å². The molecule has 7 nitrogen and oxygen atoms in total. The lowest BCUT2D eigenvalue weighted by atomic mass is 10.0. The lowest BCUT2D eigenvalue weighted by Crippen LogP contribution is -2.16. The number of fused-ring (bicyclic) bond motifs is 1. The number of aromatic nitrogens is 3. The van der Waals surface area contributed by atoms with Crippen molar-refractivity contribution in [2.24, 2.45) is 0 Å². The molecule has 0 saturated heterocycles. The van der Waals surface area contributed by atoms with E-state index >= 15 is 0 Å². The van der Waals surface area contributed by atoms with Crippen LogP contribution in [0.4, 0.5) is 0 Å². The zero-order valence-corrected chi connectivity index (χ0v) is 19.8. The summed E-state index contributed by atoms with van der Waals surface area (Å²) in [6, 6.07) is 5.88. The number of carbonyl (C=O) groups is 2. The van der Waals surface area contributed by atoms with E-state index in [1.165, 1.54) is 18.7 Å². The van der Waals surface area contributed by atoms with Crippen LogP contribution in [-0.4, -0.2) is 44.6 Å². The van der Waals surface area contributed by atoms with E-state index in [1.807, 2.05) is 45.2 Å². The molecule has 32 heavy (non-hydrogen) atoms. The summed E-state index contributed by atoms with van der Waals surface area (Å²) in [5, 5.41) is 0.401. The number of benzene rings is 1. The largest absolute Gasteiger partial charge is 0.486 e. The summed E-state index contributed by atoms with van der Waals surface area (Å²) in [4.78, 5) is 32.8. The molecule has 3 heterocycles. The molecule has 0 amide bonds. The Balaban J connectivity index is 1.59. The van der Waals surface area contributed by atoms with E-state index in [4.69, 9.17) is 9.47 Å². The van der Waals surface area contributed by atoms with Crippen molar-refractivity contribution in [2.75, 3.05) is 13.2 Å². The summed E-state index contributed by atoms with van der Waals surface area (Å²) in [6.07, 6.45) is 1.83. The Bertz CT molecular complexity index is 1190. The molecule has 1 aliphatic rings. The van der Waals surface area contributed by atoms with E-state index in [9.17, 15) is 9.59 Å². The molecule has 1 atom stereocenters. The minimum absolute atomic E-state index is 0.0406. The van der Waals surface area contributed by atoms with Crippen molar-refractivity contribution in [3.05, 3.63) is 46.9 Å². The number of nitrogens with one attached hydrogen (secondary N) is 1. The van der Waals surface area contributed by atoms with Gasteiger partial charge in [-0.15, -0.1) is 0 Å². The summed E-state index contributed by atoms with van der Waals surface area (Å²) in [5.74, 6) is 1.39. The maximum atomic E-state index is 13.2. The number of aromatic amines is 1. The normalized spacial score (nSPS) is 13.8. The van der Waals surface area contributed by atoms with Crippen LogP contribution in [0.3, 0.4) is 0 Å². The van der Waals surface area contributed by atoms with Crippen molar-refractivity contribution in [1.82, 2.24) is 14.5 Å². The molecule has 0 aliphatic carbocycles. The van der Waals surface area contributed by atoms with Gasteiger partial charge in [-0.2, -0.15) is 0 Å². The number of thioether (sulfide) groups is 1. The Labute approximate surface area is 191 Å². The molecule has 1 aliphatic heterocycles. The number of nitrogens with zero attached hydrogens (tertiary/aromatic N) is 2. The van der Waals surface area contributed by atoms with Crippen LogP contribution in [0.25, 0.3) is 11.3 Å². The maximum Gasteiger partial charge on any atom is 0.192 e. The monoisotopic (exact) mass is 453 g/mol. The van der Waals surface area contributed by atoms with Crippen LogP contribution in [-0.2, 0) is 6.54 Å². The number of imidazole rings is 1. The van der Waals surface area contributed by atoms with Crippen molar-refractivity contribution in [2.45, 2.75) is 51.6 Å². The quantitative estimate of drug-likeness (QED) is 0.406. The van der Waals surface area contributed by atoms with Gasteiger partial charge in [-0.05, 0) is 58.4 Å². The smallest absolute Gasteiger partial charge is 0.192 e. The molecular weight excluding hydrogens is 426 g/mol. The van der Waals surface area contributed by atoms with Crippen LogP contribution in [0.15, 0.2) is 29.6 Å². The Hall–Kier alpha value is -3.00. The average Bonchev–Trinajstić information content (AvgIpc) is 3.32. The number of H-pyrrole nitrogens is 1. The zero-order chi connectivity index (χ0) is 23.0.